The van der Waals surface area contributed by atoms with Crippen molar-refractivity contribution in [3.63, 3.8) is 0 Å². The third-order valence-corrected chi connectivity index (χ3v) is 5.87. The Balaban J connectivity index is 1.46. The molecule has 1 N–H and O–H groups in total. The fourth-order valence-corrected chi connectivity index (χ4v) is 3.78. The van der Waals surface area contributed by atoms with Gasteiger partial charge in [0.1, 0.15) is 12.2 Å². The SMILES string of the molecule is Cc1ccc2c(COC(=O)c3ccc(NC(=O)c4cccs4)cc3)cc(=O)oc2c1C. The summed E-state index contributed by atoms with van der Waals surface area (Å²) < 4.78 is 10.8. The first-order valence-electron chi connectivity index (χ1n) is 9.57. The Morgan fingerprint density at radius 2 is 1.84 bits per heavy atom. The topological polar surface area (TPSA) is 85.6 Å². The number of aryl methyl sites for hydroxylation is 2. The highest BCUT2D eigenvalue weighted by Crippen LogP contribution is 2.24. The number of amides is 1. The van der Waals surface area contributed by atoms with Crippen molar-refractivity contribution in [1.82, 2.24) is 0 Å². The Morgan fingerprint density at radius 3 is 2.55 bits per heavy atom. The van der Waals surface area contributed by atoms with Gasteiger partial charge in [-0.25, -0.2) is 9.59 Å². The average Bonchev–Trinajstić information content (AvgIpc) is 3.30. The molecule has 0 spiro atoms. The Morgan fingerprint density at radius 1 is 1.06 bits per heavy atom. The summed E-state index contributed by atoms with van der Waals surface area (Å²) in [6.45, 7) is 3.77. The lowest BCUT2D eigenvalue weighted by Gasteiger charge is -2.10. The van der Waals surface area contributed by atoms with Crippen LogP contribution in [0.1, 0.15) is 36.7 Å². The minimum atomic E-state index is -0.527. The number of benzene rings is 2. The molecule has 1 amide bonds. The van der Waals surface area contributed by atoms with Gasteiger partial charge in [0.15, 0.2) is 0 Å². The van der Waals surface area contributed by atoms with E-state index < -0.39 is 11.6 Å². The molecule has 0 aliphatic heterocycles. The zero-order valence-corrected chi connectivity index (χ0v) is 17.7. The first-order chi connectivity index (χ1) is 14.9. The van der Waals surface area contributed by atoms with E-state index in [2.05, 4.69) is 5.32 Å². The summed E-state index contributed by atoms with van der Waals surface area (Å²) in [5.41, 5.74) is 3.41. The zero-order chi connectivity index (χ0) is 22.0. The summed E-state index contributed by atoms with van der Waals surface area (Å²) in [4.78, 5) is 37.1. The third-order valence-electron chi connectivity index (χ3n) is 5.00. The van der Waals surface area contributed by atoms with E-state index in [1.54, 1.807) is 36.4 Å². The number of esters is 1. The van der Waals surface area contributed by atoms with E-state index in [-0.39, 0.29) is 12.5 Å². The van der Waals surface area contributed by atoms with Crippen LogP contribution in [-0.4, -0.2) is 11.9 Å². The highest BCUT2D eigenvalue weighted by atomic mass is 32.1. The van der Waals surface area contributed by atoms with Crippen LogP contribution in [0.2, 0.25) is 0 Å². The monoisotopic (exact) mass is 433 g/mol. The molecule has 0 bridgehead atoms. The van der Waals surface area contributed by atoms with Gasteiger partial charge in [-0.3, -0.25) is 4.79 Å². The molecule has 0 aliphatic rings. The minimum Gasteiger partial charge on any atom is -0.457 e. The number of hydrogen-bond donors (Lipinski definition) is 1. The third kappa shape index (κ3) is 4.41. The van der Waals surface area contributed by atoms with Crippen LogP contribution < -0.4 is 10.9 Å². The second-order valence-electron chi connectivity index (χ2n) is 7.06. The summed E-state index contributed by atoms with van der Waals surface area (Å²) in [7, 11) is 0. The molecule has 0 radical (unpaired) electrons. The minimum absolute atomic E-state index is 0.0553. The molecular weight excluding hydrogens is 414 g/mol. The van der Waals surface area contributed by atoms with E-state index in [0.717, 1.165) is 16.5 Å². The van der Waals surface area contributed by atoms with Gasteiger partial charge in [-0.05, 0) is 60.7 Å². The Bertz CT molecular complexity index is 1320. The molecular formula is C24H19NO5S. The molecule has 7 heteroatoms. The van der Waals surface area contributed by atoms with Crippen molar-refractivity contribution in [1.29, 1.82) is 0 Å². The van der Waals surface area contributed by atoms with Gasteiger partial charge < -0.3 is 14.5 Å². The molecule has 0 fully saturated rings. The lowest BCUT2D eigenvalue weighted by atomic mass is 10.0. The Hall–Kier alpha value is -3.71. The van der Waals surface area contributed by atoms with Gasteiger partial charge in [-0.2, -0.15) is 0 Å². The zero-order valence-electron chi connectivity index (χ0n) is 16.9. The van der Waals surface area contributed by atoms with Crippen LogP contribution in [0.5, 0.6) is 0 Å². The van der Waals surface area contributed by atoms with E-state index in [0.29, 0.717) is 27.3 Å². The molecule has 156 valence electrons. The molecule has 0 unspecified atom stereocenters. The molecule has 6 nitrogen and oxygen atoms in total. The van der Waals surface area contributed by atoms with Crippen molar-refractivity contribution in [2.75, 3.05) is 5.32 Å². The van der Waals surface area contributed by atoms with Crippen LogP contribution in [0.4, 0.5) is 5.69 Å². The van der Waals surface area contributed by atoms with Crippen LogP contribution in [0.25, 0.3) is 11.0 Å². The number of anilines is 1. The second kappa shape index (κ2) is 8.57. The fraction of sp³-hybridized carbons (Fsp3) is 0.125. The molecule has 4 rings (SSSR count). The highest BCUT2D eigenvalue weighted by Gasteiger charge is 2.13. The molecule has 4 aromatic rings. The number of nitrogens with one attached hydrogen (secondary N) is 1. The molecule has 2 heterocycles. The molecule has 2 aromatic carbocycles. The summed E-state index contributed by atoms with van der Waals surface area (Å²) in [6.07, 6.45) is 0. The molecule has 31 heavy (non-hydrogen) atoms. The molecule has 0 atom stereocenters. The summed E-state index contributed by atoms with van der Waals surface area (Å²) in [5, 5.41) is 5.35. The number of rotatable bonds is 5. The first kappa shape index (κ1) is 20.6. The van der Waals surface area contributed by atoms with E-state index in [1.165, 1.54) is 17.4 Å². The smallest absolute Gasteiger partial charge is 0.338 e. The van der Waals surface area contributed by atoms with E-state index in [4.69, 9.17) is 9.15 Å². The van der Waals surface area contributed by atoms with Crippen LogP contribution in [0.3, 0.4) is 0 Å². The van der Waals surface area contributed by atoms with Crippen molar-refractivity contribution in [3.8, 4) is 0 Å². The summed E-state index contributed by atoms with van der Waals surface area (Å²) in [6, 6.07) is 15.1. The summed E-state index contributed by atoms with van der Waals surface area (Å²) >= 11 is 1.35. The number of fused-ring (bicyclic) bond motifs is 1. The number of carbonyl (C=O) groups excluding carboxylic acids is 2. The van der Waals surface area contributed by atoms with Crippen LogP contribution in [0, 0.1) is 13.8 Å². The van der Waals surface area contributed by atoms with Gasteiger partial charge in [0, 0.05) is 22.7 Å². The largest absolute Gasteiger partial charge is 0.457 e. The predicted molar refractivity (Wildman–Crippen MR) is 120 cm³/mol. The van der Waals surface area contributed by atoms with Crippen molar-refractivity contribution >= 4 is 39.9 Å². The van der Waals surface area contributed by atoms with Gasteiger partial charge in [-0.1, -0.05) is 18.2 Å². The number of hydrogen-bond acceptors (Lipinski definition) is 6. The van der Waals surface area contributed by atoms with Crippen molar-refractivity contribution in [2.24, 2.45) is 0 Å². The number of ether oxygens (including phenoxy) is 1. The predicted octanol–water partition coefficient (Wildman–Crippen LogP) is 5.08. The molecule has 2 aromatic heterocycles. The molecule has 0 aliphatic carbocycles. The lowest BCUT2D eigenvalue weighted by molar-refractivity contribution is 0.0474. The first-order valence-corrected chi connectivity index (χ1v) is 10.5. The van der Waals surface area contributed by atoms with Crippen LogP contribution >= 0.6 is 11.3 Å². The molecule has 0 saturated heterocycles. The maximum absolute atomic E-state index is 12.5. The Kier molecular flexibility index (Phi) is 5.68. The lowest BCUT2D eigenvalue weighted by Crippen LogP contribution is -2.11. The van der Waals surface area contributed by atoms with Gasteiger partial charge >= 0.3 is 11.6 Å². The normalized spacial score (nSPS) is 10.8. The van der Waals surface area contributed by atoms with Crippen LogP contribution in [-0.2, 0) is 11.3 Å². The van der Waals surface area contributed by atoms with Gasteiger partial charge in [-0.15, -0.1) is 11.3 Å². The van der Waals surface area contributed by atoms with Crippen molar-refractivity contribution < 1.29 is 18.7 Å². The summed E-state index contributed by atoms with van der Waals surface area (Å²) in [5.74, 6) is -0.730. The van der Waals surface area contributed by atoms with Gasteiger partial charge in [0.25, 0.3) is 5.91 Å². The van der Waals surface area contributed by atoms with E-state index in [9.17, 15) is 14.4 Å². The van der Waals surface area contributed by atoms with E-state index >= 15 is 0 Å². The standard InChI is InChI=1S/C24H19NO5S/c1-14-5-10-19-17(12-21(26)30-22(19)15(14)2)13-29-24(28)16-6-8-18(9-7-16)25-23(27)20-4-3-11-31-20/h3-12H,13H2,1-2H3,(H,25,27). The maximum atomic E-state index is 12.5. The number of thiophene rings is 1. The van der Waals surface area contributed by atoms with Crippen molar-refractivity contribution in [2.45, 2.75) is 20.5 Å². The van der Waals surface area contributed by atoms with Crippen LogP contribution in [0.15, 0.2) is 69.2 Å². The highest BCUT2D eigenvalue weighted by molar-refractivity contribution is 7.12. The number of carbonyl (C=O) groups is 2. The fourth-order valence-electron chi connectivity index (χ4n) is 3.16. The maximum Gasteiger partial charge on any atom is 0.338 e. The van der Waals surface area contributed by atoms with Crippen molar-refractivity contribution in [3.05, 3.63) is 97.5 Å². The quantitative estimate of drug-likeness (QED) is 0.350. The van der Waals surface area contributed by atoms with Gasteiger partial charge in [0.2, 0.25) is 0 Å². The van der Waals surface area contributed by atoms with Gasteiger partial charge in [0.05, 0.1) is 10.4 Å². The second-order valence-corrected chi connectivity index (χ2v) is 8.01. The average molecular weight is 433 g/mol. The van der Waals surface area contributed by atoms with E-state index in [1.807, 2.05) is 31.4 Å². The molecule has 0 saturated carbocycles. The Labute approximate surface area is 182 Å².